The lowest BCUT2D eigenvalue weighted by Gasteiger charge is -2.11. The number of nitrogens with one attached hydrogen (secondary N) is 1. The molecule has 1 atom stereocenters. The SMILES string of the molecule is Cc1ccccc1-c1nnc(S[C@@H](C)C(=O)Nc2ccc(C(F)(F)F)cc2)o1. The number of anilines is 1. The van der Waals surface area contributed by atoms with Crippen LogP contribution >= 0.6 is 11.8 Å². The van der Waals surface area contributed by atoms with Crippen LogP contribution < -0.4 is 5.32 Å². The average molecular weight is 407 g/mol. The molecule has 1 N–H and O–H groups in total. The molecule has 0 aliphatic heterocycles. The number of alkyl halides is 3. The van der Waals surface area contributed by atoms with Gasteiger partial charge in [-0.2, -0.15) is 13.2 Å². The van der Waals surface area contributed by atoms with Crippen molar-refractivity contribution in [2.24, 2.45) is 0 Å². The maximum atomic E-state index is 12.6. The van der Waals surface area contributed by atoms with Gasteiger partial charge < -0.3 is 9.73 Å². The molecule has 0 fully saturated rings. The van der Waals surface area contributed by atoms with Crippen molar-refractivity contribution in [1.29, 1.82) is 0 Å². The van der Waals surface area contributed by atoms with Crippen molar-refractivity contribution in [2.45, 2.75) is 30.5 Å². The Morgan fingerprint density at radius 2 is 1.79 bits per heavy atom. The number of aromatic nitrogens is 2. The summed E-state index contributed by atoms with van der Waals surface area (Å²) in [5.41, 5.74) is 1.29. The van der Waals surface area contributed by atoms with Crippen molar-refractivity contribution in [2.75, 3.05) is 5.32 Å². The smallest absolute Gasteiger partial charge is 0.411 e. The van der Waals surface area contributed by atoms with Gasteiger partial charge in [-0.25, -0.2) is 0 Å². The second-order valence-electron chi connectivity index (χ2n) is 6.01. The van der Waals surface area contributed by atoms with Gasteiger partial charge in [0.2, 0.25) is 11.8 Å². The van der Waals surface area contributed by atoms with Crippen molar-refractivity contribution in [3.05, 3.63) is 59.7 Å². The molecule has 0 saturated heterocycles. The quantitative estimate of drug-likeness (QED) is 0.590. The number of hydrogen-bond donors (Lipinski definition) is 1. The highest BCUT2D eigenvalue weighted by molar-refractivity contribution is 8.00. The number of aryl methyl sites for hydroxylation is 1. The monoisotopic (exact) mass is 407 g/mol. The third-order valence-electron chi connectivity index (χ3n) is 3.91. The van der Waals surface area contributed by atoms with Crippen LogP contribution in [0.2, 0.25) is 0 Å². The highest BCUT2D eigenvalue weighted by Gasteiger charge is 2.30. The van der Waals surface area contributed by atoms with Gasteiger partial charge in [0.1, 0.15) is 0 Å². The number of carbonyl (C=O) groups excluding carboxylic acids is 1. The first-order valence-corrected chi connectivity index (χ1v) is 9.16. The molecule has 9 heteroatoms. The fourth-order valence-electron chi connectivity index (χ4n) is 2.37. The Morgan fingerprint density at radius 1 is 1.11 bits per heavy atom. The molecule has 0 unspecified atom stereocenters. The average Bonchev–Trinajstić information content (AvgIpc) is 3.10. The molecule has 1 heterocycles. The zero-order chi connectivity index (χ0) is 20.3. The molecule has 1 aromatic heterocycles. The van der Waals surface area contributed by atoms with E-state index in [4.69, 9.17) is 4.42 Å². The minimum atomic E-state index is -4.42. The Kier molecular flexibility index (Phi) is 5.73. The van der Waals surface area contributed by atoms with E-state index in [2.05, 4.69) is 15.5 Å². The Morgan fingerprint density at radius 3 is 2.43 bits per heavy atom. The van der Waals surface area contributed by atoms with Gasteiger partial charge in [0.15, 0.2) is 0 Å². The van der Waals surface area contributed by atoms with Crippen LogP contribution in [0.5, 0.6) is 0 Å². The Hall–Kier alpha value is -2.81. The number of amides is 1. The van der Waals surface area contributed by atoms with E-state index in [-0.39, 0.29) is 16.8 Å². The maximum absolute atomic E-state index is 12.6. The van der Waals surface area contributed by atoms with Crippen LogP contribution in [-0.2, 0) is 11.0 Å². The summed E-state index contributed by atoms with van der Waals surface area (Å²) in [4.78, 5) is 12.3. The molecule has 0 bridgehead atoms. The van der Waals surface area contributed by atoms with E-state index in [0.717, 1.165) is 35.0 Å². The number of thioether (sulfide) groups is 1. The van der Waals surface area contributed by atoms with Crippen LogP contribution in [0.15, 0.2) is 58.2 Å². The van der Waals surface area contributed by atoms with Crippen molar-refractivity contribution in [3.8, 4) is 11.5 Å². The van der Waals surface area contributed by atoms with Gasteiger partial charge in [-0.3, -0.25) is 4.79 Å². The molecule has 0 aliphatic carbocycles. The third kappa shape index (κ3) is 4.72. The molecule has 0 spiro atoms. The first-order chi connectivity index (χ1) is 13.2. The summed E-state index contributed by atoms with van der Waals surface area (Å²) in [7, 11) is 0. The fraction of sp³-hybridized carbons (Fsp3) is 0.211. The van der Waals surface area contributed by atoms with Crippen molar-refractivity contribution in [3.63, 3.8) is 0 Å². The number of carbonyl (C=O) groups is 1. The van der Waals surface area contributed by atoms with Crippen LogP contribution in [0.25, 0.3) is 11.5 Å². The van der Waals surface area contributed by atoms with Crippen molar-refractivity contribution >= 4 is 23.4 Å². The maximum Gasteiger partial charge on any atom is 0.416 e. The highest BCUT2D eigenvalue weighted by Crippen LogP contribution is 2.31. The van der Waals surface area contributed by atoms with Crippen LogP contribution in [-0.4, -0.2) is 21.4 Å². The molecular weight excluding hydrogens is 391 g/mol. The summed E-state index contributed by atoms with van der Waals surface area (Å²) in [6, 6.07) is 11.8. The molecule has 28 heavy (non-hydrogen) atoms. The van der Waals surface area contributed by atoms with Gasteiger partial charge in [0, 0.05) is 11.3 Å². The second-order valence-corrected chi connectivity index (χ2v) is 7.30. The minimum absolute atomic E-state index is 0.230. The van der Waals surface area contributed by atoms with Gasteiger partial charge >= 0.3 is 6.18 Å². The fourth-order valence-corrected chi connectivity index (χ4v) is 3.05. The van der Waals surface area contributed by atoms with Crippen LogP contribution in [0.3, 0.4) is 0 Å². The van der Waals surface area contributed by atoms with E-state index < -0.39 is 17.0 Å². The molecule has 3 rings (SSSR count). The molecule has 0 saturated carbocycles. The number of rotatable bonds is 5. The van der Waals surface area contributed by atoms with E-state index in [1.807, 2.05) is 31.2 Å². The molecular formula is C19H16F3N3O2S. The van der Waals surface area contributed by atoms with Crippen LogP contribution in [0.4, 0.5) is 18.9 Å². The first kappa shape index (κ1) is 19.9. The summed E-state index contributed by atoms with van der Waals surface area (Å²) in [5.74, 6) is -0.0312. The molecule has 146 valence electrons. The van der Waals surface area contributed by atoms with E-state index in [1.54, 1.807) is 6.92 Å². The predicted molar refractivity (Wildman–Crippen MR) is 99.9 cm³/mol. The zero-order valence-electron chi connectivity index (χ0n) is 14.9. The lowest BCUT2D eigenvalue weighted by molar-refractivity contribution is -0.137. The van der Waals surface area contributed by atoms with E-state index in [0.29, 0.717) is 5.89 Å². The summed E-state index contributed by atoms with van der Waals surface area (Å²) in [6.07, 6.45) is -4.42. The summed E-state index contributed by atoms with van der Waals surface area (Å²) >= 11 is 1.07. The second kappa shape index (κ2) is 8.05. The van der Waals surface area contributed by atoms with E-state index >= 15 is 0 Å². The molecule has 3 aromatic rings. The van der Waals surface area contributed by atoms with E-state index in [1.165, 1.54) is 12.1 Å². The van der Waals surface area contributed by atoms with Gasteiger partial charge in [0.05, 0.1) is 10.8 Å². The molecule has 0 aliphatic rings. The standard InChI is InChI=1S/C19H16F3N3O2S/c1-11-5-3-4-6-15(11)17-24-25-18(27-17)28-12(2)16(26)23-14-9-7-13(8-10-14)19(20,21)22/h3-10,12H,1-2H3,(H,23,26)/t12-/m0/s1. The predicted octanol–water partition coefficient (Wildman–Crippen LogP) is 5.18. The number of benzene rings is 2. The highest BCUT2D eigenvalue weighted by atomic mass is 32.2. The van der Waals surface area contributed by atoms with Gasteiger partial charge in [-0.1, -0.05) is 30.0 Å². The van der Waals surface area contributed by atoms with Crippen LogP contribution in [0, 0.1) is 6.92 Å². The summed E-state index contributed by atoms with van der Waals surface area (Å²) < 4.78 is 43.4. The van der Waals surface area contributed by atoms with Gasteiger partial charge in [0.25, 0.3) is 5.22 Å². The van der Waals surface area contributed by atoms with Crippen molar-refractivity contribution in [1.82, 2.24) is 10.2 Å². The number of nitrogens with zero attached hydrogens (tertiary/aromatic N) is 2. The topological polar surface area (TPSA) is 68.0 Å². The first-order valence-electron chi connectivity index (χ1n) is 8.28. The van der Waals surface area contributed by atoms with Gasteiger partial charge in [-0.05, 0) is 49.7 Å². The minimum Gasteiger partial charge on any atom is -0.411 e. The molecule has 5 nitrogen and oxygen atoms in total. The Balaban J connectivity index is 1.63. The van der Waals surface area contributed by atoms with Crippen LogP contribution in [0.1, 0.15) is 18.1 Å². The normalized spacial score (nSPS) is 12.6. The summed E-state index contributed by atoms with van der Waals surface area (Å²) in [6.45, 7) is 3.56. The zero-order valence-corrected chi connectivity index (χ0v) is 15.8. The molecule has 0 radical (unpaired) electrons. The third-order valence-corrected chi connectivity index (χ3v) is 4.84. The number of hydrogen-bond acceptors (Lipinski definition) is 5. The summed E-state index contributed by atoms with van der Waals surface area (Å²) in [5, 5.41) is 10.2. The Labute approximate surface area is 163 Å². The largest absolute Gasteiger partial charge is 0.416 e. The Bertz CT molecular complexity index is 971. The molecule has 1 amide bonds. The van der Waals surface area contributed by atoms with Gasteiger partial charge in [-0.15, -0.1) is 10.2 Å². The number of halogens is 3. The van der Waals surface area contributed by atoms with E-state index in [9.17, 15) is 18.0 Å². The molecule has 2 aromatic carbocycles. The van der Waals surface area contributed by atoms with Crippen molar-refractivity contribution < 1.29 is 22.4 Å². The lowest BCUT2D eigenvalue weighted by atomic mass is 10.1. The lowest BCUT2D eigenvalue weighted by Crippen LogP contribution is -2.22.